The molecule has 7 aromatic rings. The normalized spacial score (nSPS) is 11.5. The number of nitrogens with zero attached hydrogens (tertiary/aromatic N) is 3. The molecule has 0 N–H and O–H groups in total. The molecule has 170 valence electrons. The van der Waals surface area contributed by atoms with E-state index in [-0.39, 0.29) is 0 Å². The summed E-state index contributed by atoms with van der Waals surface area (Å²) in [7, 11) is 0. The van der Waals surface area contributed by atoms with E-state index in [0.29, 0.717) is 17.5 Å². The molecule has 0 saturated heterocycles. The first kappa shape index (κ1) is 21.4. The number of benzene rings is 5. The molecular formula is C31H18BrN3S. The number of thiophene rings is 1. The summed E-state index contributed by atoms with van der Waals surface area (Å²) in [6, 6.07) is 37.5. The van der Waals surface area contributed by atoms with Gasteiger partial charge in [-0.25, -0.2) is 15.0 Å². The van der Waals surface area contributed by atoms with Gasteiger partial charge in [0.15, 0.2) is 17.5 Å². The van der Waals surface area contributed by atoms with E-state index in [1.54, 1.807) is 11.3 Å². The van der Waals surface area contributed by atoms with Crippen LogP contribution in [0.4, 0.5) is 0 Å². The van der Waals surface area contributed by atoms with Crippen molar-refractivity contribution in [2.45, 2.75) is 0 Å². The van der Waals surface area contributed by atoms with Gasteiger partial charge < -0.3 is 0 Å². The largest absolute Gasteiger partial charge is 0.208 e. The Morgan fingerprint density at radius 3 is 1.94 bits per heavy atom. The van der Waals surface area contributed by atoms with Crippen molar-refractivity contribution < 1.29 is 0 Å². The Kier molecular flexibility index (Phi) is 5.12. The van der Waals surface area contributed by atoms with Crippen LogP contribution < -0.4 is 0 Å². The van der Waals surface area contributed by atoms with E-state index in [9.17, 15) is 0 Å². The SMILES string of the molecule is Brc1cccc2c(-c3nc(-c4ccccc4)nc(-c4cccc5c4sc4ccccc45)n3)cccc12. The highest BCUT2D eigenvalue weighted by molar-refractivity contribution is 9.10. The molecule has 0 radical (unpaired) electrons. The number of hydrogen-bond acceptors (Lipinski definition) is 4. The van der Waals surface area contributed by atoms with Gasteiger partial charge >= 0.3 is 0 Å². The van der Waals surface area contributed by atoms with Crippen molar-refractivity contribution in [3.05, 3.63) is 114 Å². The molecule has 0 unspecified atom stereocenters. The highest BCUT2D eigenvalue weighted by Crippen LogP contribution is 2.40. The topological polar surface area (TPSA) is 38.7 Å². The fraction of sp³-hybridized carbons (Fsp3) is 0. The third-order valence-corrected chi connectivity index (χ3v) is 8.33. The van der Waals surface area contributed by atoms with Crippen molar-refractivity contribution in [1.29, 1.82) is 0 Å². The summed E-state index contributed by atoms with van der Waals surface area (Å²) >= 11 is 5.48. The molecule has 2 aromatic heterocycles. The van der Waals surface area contributed by atoms with Gasteiger partial charge in [-0.1, -0.05) is 107 Å². The van der Waals surface area contributed by atoms with E-state index in [0.717, 1.165) is 31.9 Å². The standard InChI is InChI=1S/C31H18BrN3S/c32-26-17-8-12-20-21(26)13-6-15-24(20)30-33-29(19-9-2-1-3-10-19)34-31(35-30)25-16-7-14-23-22-11-4-5-18-27(22)36-28(23)25/h1-18H. The number of hydrogen-bond donors (Lipinski definition) is 0. The van der Waals surface area contributed by atoms with E-state index >= 15 is 0 Å². The Morgan fingerprint density at radius 2 is 1.08 bits per heavy atom. The molecule has 2 heterocycles. The van der Waals surface area contributed by atoms with Gasteiger partial charge in [0.05, 0.1) is 0 Å². The van der Waals surface area contributed by atoms with Crippen LogP contribution in [-0.4, -0.2) is 15.0 Å². The van der Waals surface area contributed by atoms with Gasteiger partial charge in [-0.15, -0.1) is 11.3 Å². The van der Waals surface area contributed by atoms with Crippen LogP contribution in [0.5, 0.6) is 0 Å². The molecular weight excluding hydrogens is 526 g/mol. The average Bonchev–Trinajstić information content (AvgIpc) is 3.32. The second kappa shape index (κ2) is 8.63. The smallest absolute Gasteiger partial charge is 0.165 e. The molecule has 0 spiro atoms. The average molecular weight is 544 g/mol. The Bertz CT molecular complexity index is 1910. The number of rotatable bonds is 3. The molecule has 3 nitrogen and oxygen atoms in total. The summed E-state index contributed by atoms with van der Waals surface area (Å²) in [6.45, 7) is 0. The molecule has 0 aliphatic heterocycles. The molecule has 0 atom stereocenters. The highest BCUT2D eigenvalue weighted by atomic mass is 79.9. The van der Waals surface area contributed by atoms with Crippen LogP contribution in [0, 0.1) is 0 Å². The predicted molar refractivity (Wildman–Crippen MR) is 154 cm³/mol. The van der Waals surface area contributed by atoms with Crippen LogP contribution in [-0.2, 0) is 0 Å². The molecule has 5 aromatic carbocycles. The van der Waals surface area contributed by atoms with Gasteiger partial charge in [0, 0.05) is 41.3 Å². The van der Waals surface area contributed by atoms with Crippen molar-refractivity contribution >= 4 is 58.2 Å². The van der Waals surface area contributed by atoms with Gasteiger partial charge in [-0.3, -0.25) is 0 Å². The van der Waals surface area contributed by atoms with E-state index in [4.69, 9.17) is 15.0 Å². The Hall–Kier alpha value is -3.93. The van der Waals surface area contributed by atoms with E-state index in [1.807, 2.05) is 36.4 Å². The maximum atomic E-state index is 5.07. The summed E-state index contributed by atoms with van der Waals surface area (Å²) in [5, 5.41) is 4.72. The zero-order valence-corrected chi connectivity index (χ0v) is 21.4. The first-order valence-corrected chi connectivity index (χ1v) is 13.3. The van der Waals surface area contributed by atoms with Crippen molar-refractivity contribution in [1.82, 2.24) is 15.0 Å². The highest BCUT2D eigenvalue weighted by Gasteiger charge is 2.17. The third kappa shape index (κ3) is 3.51. The molecule has 0 fully saturated rings. The van der Waals surface area contributed by atoms with Crippen molar-refractivity contribution in [2.75, 3.05) is 0 Å². The first-order valence-electron chi connectivity index (χ1n) is 11.7. The van der Waals surface area contributed by atoms with Gasteiger partial charge in [-0.2, -0.15) is 0 Å². The molecule has 0 bridgehead atoms. The number of fused-ring (bicyclic) bond motifs is 4. The first-order chi connectivity index (χ1) is 17.8. The van der Waals surface area contributed by atoms with Crippen LogP contribution in [0.15, 0.2) is 114 Å². The quantitative estimate of drug-likeness (QED) is 0.223. The van der Waals surface area contributed by atoms with Crippen LogP contribution in [0.2, 0.25) is 0 Å². The lowest BCUT2D eigenvalue weighted by molar-refractivity contribution is 1.08. The molecule has 0 saturated carbocycles. The Labute approximate surface area is 220 Å². The van der Waals surface area contributed by atoms with Crippen LogP contribution >= 0.6 is 27.3 Å². The molecule has 36 heavy (non-hydrogen) atoms. The Balaban J connectivity index is 1.53. The molecule has 0 aliphatic rings. The molecule has 0 amide bonds. The van der Waals surface area contributed by atoms with Crippen molar-refractivity contribution in [2.24, 2.45) is 0 Å². The summed E-state index contributed by atoms with van der Waals surface area (Å²) in [5.74, 6) is 2.02. The zero-order chi connectivity index (χ0) is 24.1. The van der Waals surface area contributed by atoms with Crippen LogP contribution in [0.1, 0.15) is 0 Å². The summed E-state index contributed by atoms with van der Waals surface area (Å²) < 4.78 is 3.50. The molecule has 0 aliphatic carbocycles. The van der Waals surface area contributed by atoms with Crippen molar-refractivity contribution in [3.63, 3.8) is 0 Å². The van der Waals surface area contributed by atoms with E-state index in [1.165, 1.54) is 20.2 Å². The van der Waals surface area contributed by atoms with E-state index in [2.05, 4.69) is 88.7 Å². The number of aromatic nitrogens is 3. The second-order valence-corrected chi connectivity index (χ2v) is 10.5. The predicted octanol–water partition coefficient (Wildman–Crippen LogP) is 9.16. The van der Waals surface area contributed by atoms with Gasteiger partial charge in [0.25, 0.3) is 0 Å². The lowest BCUT2D eigenvalue weighted by Gasteiger charge is -2.11. The molecule has 5 heteroatoms. The third-order valence-electron chi connectivity index (χ3n) is 6.42. The lowest BCUT2D eigenvalue weighted by Crippen LogP contribution is -2.00. The van der Waals surface area contributed by atoms with Gasteiger partial charge in [-0.05, 0) is 29.0 Å². The summed E-state index contributed by atoms with van der Waals surface area (Å²) in [6.07, 6.45) is 0. The summed E-state index contributed by atoms with van der Waals surface area (Å²) in [5.41, 5.74) is 2.97. The van der Waals surface area contributed by atoms with Crippen LogP contribution in [0.3, 0.4) is 0 Å². The maximum absolute atomic E-state index is 5.07. The fourth-order valence-corrected chi connectivity index (χ4v) is 6.43. The lowest BCUT2D eigenvalue weighted by atomic mass is 10.0. The molecule has 7 rings (SSSR count). The minimum Gasteiger partial charge on any atom is -0.208 e. The summed E-state index contributed by atoms with van der Waals surface area (Å²) in [4.78, 5) is 15.0. The van der Waals surface area contributed by atoms with Crippen molar-refractivity contribution in [3.8, 4) is 34.2 Å². The number of halogens is 1. The Morgan fingerprint density at radius 1 is 0.472 bits per heavy atom. The van der Waals surface area contributed by atoms with E-state index < -0.39 is 0 Å². The fourth-order valence-electron chi connectivity index (χ4n) is 4.72. The monoisotopic (exact) mass is 543 g/mol. The van der Waals surface area contributed by atoms with Crippen LogP contribution in [0.25, 0.3) is 65.1 Å². The minimum atomic E-state index is 0.667. The van der Waals surface area contributed by atoms with Gasteiger partial charge in [0.2, 0.25) is 0 Å². The van der Waals surface area contributed by atoms with Gasteiger partial charge in [0.1, 0.15) is 0 Å². The minimum absolute atomic E-state index is 0.667. The zero-order valence-electron chi connectivity index (χ0n) is 19.0. The maximum Gasteiger partial charge on any atom is 0.165 e. The second-order valence-electron chi connectivity index (χ2n) is 8.59.